The quantitative estimate of drug-likeness (QED) is 0.802. The van der Waals surface area contributed by atoms with E-state index in [4.69, 9.17) is 5.11 Å². The third-order valence-corrected chi connectivity index (χ3v) is 4.02. The lowest BCUT2D eigenvalue weighted by Crippen LogP contribution is -2.50. The van der Waals surface area contributed by atoms with Crippen LogP contribution in [-0.2, 0) is 4.79 Å². The Morgan fingerprint density at radius 2 is 2.21 bits per heavy atom. The van der Waals surface area contributed by atoms with Gasteiger partial charge in [-0.15, -0.1) is 0 Å². The Kier molecular flexibility index (Phi) is 3.94. The number of aromatic amines is 1. The highest BCUT2D eigenvalue weighted by molar-refractivity contribution is 7.99. The van der Waals surface area contributed by atoms with E-state index in [9.17, 15) is 14.4 Å². The van der Waals surface area contributed by atoms with E-state index < -0.39 is 12.0 Å². The van der Waals surface area contributed by atoms with Gasteiger partial charge in [-0.2, -0.15) is 11.8 Å². The van der Waals surface area contributed by atoms with Crippen LogP contribution >= 0.6 is 11.8 Å². The van der Waals surface area contributed by atoms with Gasteiger partial charge < -0.3 is 15.0 Å². The molecule has 2 rings (SSSR count). The van der Waals surface area contributed by atoms with E-state index in [2.05, 4.69) is 4.98 Å². The van der Waals surface area contributed by atoms with Crippen molar-refractivity contribution in [1.82, 2.24) is 9.88 Å². The van der Waals surface area contributed by atoms with Crippen LogP contribution in [0.15, 0.2) is 12.3 Å². The summed E-state index contributed by atoms with van der Waals surface area (Å²) < 4.78 is 0. The van der Waals surface area contributed by atoms with E-state index in [1.165, 1.54) is 35.8 Å². The van der Waals surface area contributed by atoms with Gasteiger partial charge in [0.2, 0.25) is 0 Å². The average molecular weight is 282 g/mol. The number of carbonyl (C=O) groups excluding carboxylic acids is 2. The summed E-state index contributed by atoms with van der Waals surface area (Å²) in [5, 5.41) is 9.13. The summed E-state index contributed by atoms with van der Waals surface area (Å²) in [4.78, 5) is 38.7. The Hall–Kier alpha value is -1.76. The van der Waals surface area contributed by atoms with E-state index in [0.29, 0.717) is 17.9 Å². The molecule has 2 N–H and O–H groups in total. The van der Waals surface area contributed by atoms with Gasteiger partial charge in [-0.1, -0.05) is 0 Å². The first kappa shape index (κ1) is 13.7. The molecule has 0 aromatic carbocycles. The molecule has 1 saturated heterocycles. The predicted molar refractivity (Wildman–Crippen MR) is 70.6 cm³/mol. The predicted octanol–water partition coefficient (Wildman–Crippen LogP) is 0.859. The topological polar surface area (TPSA) is 90.5 Å². The van der Waals surface area contributed by atoms with Crippen molar-refractivity contribution >= 4 is 29.4 Å². The van der Waals surface area contributed by atoms with Crippen LogP contribution in [0.4, 0.5) is 0 Å². The Bertz CT molecular complexity index is 526. The van der Waals surface area contributed by atoms with Crippen LogP contribution in [0, 0.1) is 0 Å². The van der Waals surface area contributed by atoms with E-state index in [1.54, 1.807) is 0 Å². The fraction of sp³-hybridized carbons (Fsp3) is 0.417. The molecular weight excluding hydrogens is 268 g/mol. The molecule has 0 saturated carbocycles. The van der Waals surface area contributed by atoms with Gasteiger partial charge in [0, 0.05) is 29.8 Å². The fourth-order valence-electron chi connectivity index (χ4n) is 1.93. The maximum absolute atomic E-state index is 12.3. The van der Waals surface area contributed by atoms with E-state index in [1.807, 2.05) is 0 Å². The van der Waals surface area contributed by atoms with Crippen molar-refractivity contribution in [2.24, 2.45) is 0 Å². The number of carboxylic acids is 1. The number of aliphatic carboxylic acids is 1. The number of aromatic nitrogens is 1. The van der Waals surface area contributed by atoms with Gasteiger partial charge in [0.1, 0.15) is 11.7 Å². The minimum atomic E-state index is -1.00. The Labute approximate surface area is 114 Å². The number of hydrogen-bond acceptors (Lipinski definition) is 4. The Morgan fingerprint density at radius 3 is 2.79 bits per heavy atom. The number of Topliss-reactive ketones (excluding diaryl/α,β-unsaturated/α-hetero) is 1. The summed E-state index contributed by atoms with van der Waals surface area (Å²) in [5.74, 6) is -0.407. The van der Waals surface area contributed by atoms with Crippen molar-refractivity contribution < 1.29 is 19.5 Å². The van der Waals surface area contributed by atoms with Crippen LogP contribution in [0.2, 0.25) is 0 Å². The largest absolute Gasteiger partial charge is 0.480 e. The number of carboxylic acid groups (broad SMARTS) is 1. The Morgan fingerprint density at radius 1 is 1.47 bits per heavy atom. The zero-order valence-corrected chi connectivity index (χ0v) is 11.2. The number of nitrogens with zero attached hydrogens (tertiary/aromatic N) is 1. The van der Waals surface area contributed by atoms with Crippen molar-refractivity contribution in [1.29, 1.82) is 0 Å². The second-order valence-electron chi connectivity index (χ2n) is 4.29. The molecule has 1 aliphatic rings. The molecule has 1 amide bonds. The van der Waals surface area contributed by atoms with Crippen LogP contribution in [0.25, 0.3) is 0 Å². The molecule has 19 heavy (non-hydrogen) atoms. The first-order valence-corrected chi connectivity index (χ1v) is 6.97. The lowest BCUT2D eigenvalue weighted by atomic mass is 10.2. The summed E-state index contributed by atoms with van der Waals surface area (Å²) >= 11 is 1.52. The van der Waals surface area contributed by atoms with E-state index in [-0.39, 0.29) is 17.4 Å². The lowest BCUT2D eigenvalue weighted by molar-refractivity contribution is -0.141. The van der Waals surface area contributed by atoms with Gasteiger partial charge in [0.05, 0.1) is 0 Å². The molecule has 6 nitrogen and oxygen atoms in total. The van der Waals surface area contributed by atoms with Crippen molar-refractivity contribution in [2.75, 3.05) is 18.1 Å². The number of hydrogen-bond donors (Lipinski definition) is 2. The minimum absolute atomic E-state index is 0.140. The summed E-state index contributed by atoms with van der Waals surface area (Å²) in [6.07, 6.45) is 1.46. The highest BCUT2D eigenvalue weighted by Crippen LogP contribution is 2.19. The van der Waals surface area contributed by atoms with Gasteiger partial charge in [-0.05, 0) is 13.0 Å². The molecule has 1 atom stereocenters. The van der Waals surface area contributed by atoms with Crippen LogP contribution < -0.4 is 0 Å². The van der Waals surface area contributed by atoms with Gasteiger partial charge >= 0.3 is 5.97 Å². The maximum Gasteiger partial charge on any atom is 0.327 e. The number of amides is 1. The van der Waals surface area contributed by atoms with Crippen LogP contribution in [0.1, 0.15) is 27.8 Å². The molecule has 1 aromatic rings. The second kappa shape index (κ2) is 5.48. The van der Waals surface area contributed by atoms with Gasteiger partial charge in [-0.25, -0.2) is 4.79 Å². The molecule has 1 fully saturated rings. The lowest BCUT2D eigenvalue weighted by Gasteiger charge is -2.32. The number of carbonyl (C=O) groups is 3. The third-order valence-electron chi connectivity index (χ3n) is 2.99. The monoisotopic (exact) mass is 282 g/mol. The smallest absolute Gasteiger partial charge is 0.327 e. The molecule has 0 spiro atoms. The highest BCUT2D eigenvalue weighted by Gasteiger charge is 2.33. The molecule has 2 heterocycles. The van der Waals surface area contributed by atoms with Crippen LogP contribution in [0.5, 0.6) is 0 Å². The molecule has 0 bridgehead atoms. The average Bonchev–Trinajstić information content (AvgIpc) is 2.87. The number of rotatable bonds is 3. The summed E-state index contributed by atoms with van der Waals surface area (Å²) in [5.41, 5.74) is 0.671. The minimum Gasteiger partial charge on any atom is -0.480 e. The third kappa shape index (κ3) is 2.81. The summed E-state index contributed by atoms with van der Waals surface area (Å²) in [6, 6.07) is 0.654. The second-order valence-corrected chi connectivity index (χ2v) is 5.44. The standard InChI is InChI=1S/C12H14N2O4S/c1-7(15)8-4-9(13-5-8)11(16)14-2-3-19-6-10(14)12(17)18/h4-5,10,13H,2-3,6H2,1H3,(H,17,18). The van der Waals surface area contributed by atoms with Gasteiger partial charge in [-0.3, -0.25) is 9.59 Å². The zero-order valence-electron chi connectivity index (χ0n) is 10.4. The van der Waals surface area contributed by atoms with Crippen molar-refractivity contribution in [2.45, 2.75) is 13.0 Å². The van der Waals surface area contributed by atoms with Crippen molar-refractivity contribution in [3.8, 4) is 0 Å². The number of nitrogens with one attached hydrogen (secondary N) is 1. The fourth-order valence-corrected chi connectivity index (χ4v) is 2.97. The number of ketones is 1. The molecule has 1 aliphatic heterocycles. The number of thioether (sulfide) groups is 1. The van der Waals surface area contributed by atoms with Crippen molar-refractivity contribution in [3.05, 3.63) is 23.5 Å². The van der Waals surface area contributed by atoms with Gasteiger partial charge in [0.15, 0.2) is 5.78 Å². The summed E-state index contributed by atoms with van der Waals surface area (Å²) in [7, 11) is 0. The molecule has 102 valence electrons. The summed E-state index contributed by atoms with van der Waals surface area (Å²) in [6.45, 7) is 1.81. The zero-order chi connectivity index (χ0) is 14.0. The van der Waals surface area contributed by atoms with E-state index in [0.717, 1.165) is 5.75 Å². The molecule has 0 aliphatic carbocycles. The molecule has 1 aromatic heterocycles. The van der Waals surface area contributed by atoms with Crippen LogP contribution in [-0.4, -0.2) is 56.7 Å². The molecule has 0 radical (unpaired) electrons. The molecule has 1 unspecified atom stereocenters. The first-order valence-electron chi connectivity index (χ1n) is 5.81. The highest BCUT2D eigenvalue weighted by atomic mass is 32.2. The van der Waals surface area contributed by atoms with Crippen LogP contribution in [0.3, 0.4) is 0 Å². The van der Waals surface area contributed by atoms with Gasteiger partial charge in [0.25, 0.3) is 5.91 Å². The van der Waals surface area contributed by atoms with E-state index >= 15 is 0 Å². The normalized spacial score (nSPS) is 19.2. The first-order chi connectivity index (χ1) is 9.00. The van der Waals surface area contributed by atoms with Crippen molar-refractivity contribution in [3.63, 3.8) is 0 Å². The SMILES string of the molecule is CC(=O)c1c[nH]c(C(=O)N2CCSCC2C(=O)O)c1. The number of H-pyrrole nitrogens is 1. The maximum atomic E-state index is 12.3. The molecule has 7 heteroatoms. The Balaban J connectivity index is 2.21. The molecular formula is C12H14N2O4S.